The number of aromatic nitrogens is 1. The molecule has 0 aromatic carbocycles. The van der Waals surface area contributed by atoms with Crippen LogP contribution in [-0.4, -0.2) is 36.5 Å². The van der Waals surface area contributed by atoms with E-state index in [2.05, 4.69) is 10.3 Å². The van der Waals surface area contributed by atoms with E-state index >= 15 is 0 Å². The van der Waals surface area contributed by atoms with E-state index in [1.165, 1.54) is 0 Å². The Labute approximate surface area is 71.6 Å². The molecule has 4 nitrogen and oxygen atoms in total. The van der Waals surface area contributed by atoms with E-state index in [1.807, 2.05) is 18.5 Å². The zero-order valence-electron chi connectivity index (χ0n) is 6.92. The molecule has 0 bridgehead atoms. The van der Waals surface area contributed by atoms with Gasteiger partial charge >= 0.3 is 0 Å². The maximum atomic E-state index is 8.40. The van der Waals surface area contributed by atoms with Crippen LogP contribution in [0.1, 0.15) is 0 Å². The highest BCUT2D eigenvalue weighted by Crippen LogP contribution is 2.01. The van der Waals surface area contributed by atoms with E-state index in [1.54, 1.807) is 0 Å². The molecule has 1 aromatic heterocycles. The third-order valence-electron chi connectivity index (χ3n) is 1.41. The molecule has 0 aliphatic carbocycles. The highest BCUT2D eigenvalue weighted by atomic mass is 16.5. The summed E-state index contributed by atoms with van der Waals surface area (Å²) < 4.78 is 5.06. The topological polar surface area (TPSA) is 57.3 Å². The molecule has 0 saturated heterocycles. The second kappa shape index (κ2) is 5.62. The van der Waals surface area contributed by atoms with Crippen molar-refractivity contribution in [3.63, 3.8) is 0 Å². The first-order valence-electron chi connectivity index (χ1n) is 3.99. The van der Waals surface area contributed by atoms with Gasteiger partial charge in [-0.2, -0.15) is 0 Å². The lowest BCUT2D eigenvalue weighted by atomic mass is 10.5. The fourth-order valence-electron chi connectivity index (χ4n) is 0.868. The van der Waals surface area contributed by atoms with Crippen molar-refractivity contribution in [2.24, 2.45) is 0 Å². The SMILES string of the molecule is OCCOCCNc1cc[nH]c1. The van der Waals surface area contributed by atoms with Gasteiger partial charge in [0.05, 0.1) is 25.5 Å². The van der Waals surface area contributed by atoms with Crippen molar-refractivity contribution in [2.45, 2.75) is 0 Å². The third kappa shape index (κ3) is 3.41. The maximum absolute atomic E-state index is 8.40. The van der Waals surface area contributed by atoms with Gasteiger partial charge in [-0.3, -0.25) is 0 Å². The van der Waals surface area contributed by atoms with Crippen molar-refractivity contribution < 1.29 is 9.84 Å². The number of hydrogen-bond acceptors (Lipinski definition) is 3. The number of ether oxygens (including phenoxy) is 1. The second-order valence-corrected chi connectivity index (χ2v) is 2.36. The van der Waals surface area contributed by atoms with Gasteiger partial charge in [0.15, 0.2) is 0 Å². The quantitative estimate of drug-likeness (QED) is 0.543. The van der Waals surface area contributed by atoms with Crippen molar-refractivity contribution in [1.29, 1.82) is 0 Å². The molecule has 0 fully saturated rings. The smallest absolute Gasteiger partial charge is 0.0698 e. The predicted molar refractivity (Wildman–Crippen MR) is 47.2 cm³/mol. The van der Waals surface area contributed by atoms with Gasteiger partial charge < -0.3 is 20.1 Å². The molecule has 1 aromatic rings. The summed E-state index contributed by atoms with van der Waals surface area (Å²) in [5.74, 6) is 0. The second-order valence-electron chi connectivity index (χ2n) is 2.36. The van der Waals surface area contributed by atoms with Crippen LogP contribution in [0.2, 0.25) is 0 Å². The van der Waals surface area contributed by atoms with E-state index in [-0.39, 0.29) is 6.61 Å². The number of aliphatic hydroxyl groups is 1. The molecule has 0 radical (unpaired) electrons. The van der Waals surface area contributed by atoms with Gasteiger partial charge in [-0.05, 0) is 6.07 Å². The molecular formula is C8H14N2O2. The monoisotopic (exact) mass is 170 g/mol. The fraction of sp³-hybridized carbons (Fsp3) is 0.500. The van der Waals surface area contributed by atoms with Gasteiger partial charge in [0.2, 0.25) is 0 Å². The van der Waals surface area contributed by atoms with Crippen molar-refractivity contribution in [3.05, 3.63) is 18.5 Å². The third-order valence-corrected chi connectivity index (χ3v) is 1.41. The first-order valence-corrected chi connectivity index (χ1v) is 3.99. The summed E-state index contributed by atoms with van der Waals surface area (Å²) in [5, 5.41) is 11.5. The van der Waals surface area contributed by atoms with Crippen LogP contribution in [0.15, 0.2) is 18.5 Å². The summed E-state index contributed by atoms with van der Waals surface area (Å²) in [6, 6.07) is 1.95. The molecule has 1 rings (SSSR count). The lowest BCUT2D eigenvalue weighted by molar-refractivity contribution is 0.0992. The molecule has 0 atom stereocenters. The van der Waals surface area contributed by atoms with Crippen LogP contribution in [0, 0.1) is 0 Å². The minimum absolute atomic E-state index is 0.0875. The summed E-state index contributed by atoms with van der Waals surface area (Å²) in [6.45, 7) is 1.88. The molecule has 1 heterocycles. The molecule has 12 heavy (non-hydrogen) atoms. The van der Waals surface area contributed by atoms with Crippen molar-refractivity contribution in [3.8, 4) is 0 Å². The van der Waals surface area contributed by atoms with E-state index in [0.717, 1.165) is 12.2 Å². The van der Waals surface area contributed by atoms with Gasteiger partial charge in [0, 0.05) is 18.9 Å². The summed E-state index contributed by atoms with van der Waals surface area (Å²) in [4.78, 5) is 2.94. The Hall–Kier alpha value is -1.00. The summed E-state index contributed by atoms with van der Waals surface area (Å²) >= 11 is 0. The van der Waals surface area contributed by atoms with Gasteiger partial charge in [-0.25, -0.2) is 0 Å². The molecule has 0 unspecified atom stereocenters. The Morgan fingerprint density at radius 1 is 1.50 bits per heavy atom. The molecule has 0 amide bonds. The number of anilines is 1. The standard InChI is InChI=1S/C8H14N2O2/c11-4-6-12-5-3-10-8-1-2-9-7-8/h1-2,7,9-11H,3-6H2. The van der Waals surface area contributed by atoms with E-state index in [9.17, 15) is 0 Å². The first-order chi connectivity index (χ1) is 5.93. The molecule has 0 spiro atoms. The fourth-order valence-corrected chi connectivity index (χ4v) is 0.868. The zero-order chi connectivity index (χ0) is 8.65. The first kappa shape index (κ1) is 9.09. The summed E-state index contributed by atoms with van der Waals surface area (Å²) in [7, 11) is 0. The highest BCUT2D eigenvalue weighted by molar-refractivity contribution is 5.39. The van der Waals surface area contributed by atoms with E-state index < -0.39 is 0 Å². The Balaban J connectivity index is 1.96. The molecular weight excluding hydrogens is 156 g/mol. The van der Waals surface area contributed by atoms with Gasteiger partial charge in [-0.1, -0.05) is 0 Å². The number of H-pyrrole nitrogens is 1. The van der Waals surface area contributed by atoms with Gasteiger partial charge in [0.25, 0.3) is 0 Å². The van der Waals surface area contributed by atoms with Crippen molar-refractivity contribution in [1.82, 2.24) is 4.98 Å². The van der Waals surface area contributed by atoms with Crippen LogP contribution in [0.5, 0.6) is 0 Å². The Bertz CT molecular complexity index is 187. The molecule has 3 N–H and O–H groups in total. The summed E-state index contributed by atoms with van der Waals surface area (Å²) in [6.07, 6.45) is 3.74. The number of aliphatic hydroxyl groups excluding tert-OH is 1. The molecule has 4 heteroatoms. The van der Waals surface area contributed by atoms with Gasteiger partial charge in [-0.15, -0.1) is 0 Å². The molecule has 0 saturated carbocycles. The van der Waals surface area contributed by atoms with Crippen molar-refractivity contribution in [2.75, 3.05) is 31.7 Å². The zero-order valence-corrected chi connectivity index (χ0v) is 6.92. The summed E-state index contributed by atoms with van der Waals surface area (Å²) in [5.41, 5.74) is 1.06. The molecule has 68 valence electrons. The van der Waals surface area contributed by atoms with Crippen LogP contribution in [0.3, 0.4) is 0 Å². The van der Waals surface area contributed by atoms with E-state index in [0.29, 0.717) is 13.2 Å². The lowest BCUT2D eigenvalue weighted by Crippen LogP contribution is -2.10. The van der Waals surface area contributed by atoms with Crippen LogP contribution in [0.25, 0.3) is 0 Å². The predicted octanol–water partition coefficient (Wildman–Crippen LogP) is 0.435. The molecule has 0 aliphatic heterocycles. The number of nitrogens with one attached hydrogen (secondary N) is 2. The van der Waals surface area contributed by atoms with Gasteiger partial charge in [0.1, 0.15) is 0 Å². The number of aromatic amines is 1. The lowest BCUT2D eigenvalue weighted by Gasteiger charge is -2.03. The van der Waals surface area contributed by atoms with Crippen molar-refractivity contribution >= 4 is 5.69 Å². The minimum atomic E-state index is 0.0875. The van der Waals surface area contributed by atoms with Crippen LogP contribution >= 0.6 is 0 Å². The Morgan fingerprint density at radius 2 is 2.42 bits per heavy atom. The number of hydrogen-bond donors (Lipinski definition) is 3. The highest BCUT2D eigenvalue weighted by Gasteiger charge is 1.89. The molecule has 0 aliphatic rings. The van der Waals surface area contributed by atoms with Crippen LogP contribution in [-0.2, 0) is 4.74 Å². The van der Waals surface area contributed by atoms with Crippen LogP contribution in [0.4, 0.5) is 5.69 Å². The van der Waals surface area contributed by atoms with E-state index in [4.69, 9.17) is 9.84 Å². The average Bonchev–Trinajstić information content (AvgIpc) is 2.57. The number of rotatable bonds is 6. The Morgan fingerprint density at radius 3 is 3.08 bits per heavy atom. The average molecular weight is 170 g/mol. The Kier molecular flexibility index (Phi) is 4.26. The largest absolute Gasteiger partial charge is 0.394 e. The minimum Gasteiger partial charge on any atom is -0.394 e. The van der Waals surface area contributed by atoms with Crippen LogP contribution < -0.4 is 5.32 Å². The maximum Gasteiger partial charge on any atom is 0.0698 e. The normalized spacial score (nSPS) is 10.1.